The number of aryl methyl sites for hydroxylation is 1. The molecule has 0 aliphatic carbocycles. The SMILES string of the molecule is Cc1cc(NC(=O)C(C)Sc2nc(CN3CCOCC3)nc3ccccc23)no1. The molecule has 1 atom stereocenters. The minimum absolute atomic E-state index is 0.152. The van der Waals surface area contributed by atoms with Crippen LogP contribution in [0.4, 0.5) is 5.82 Å². The van der Waals surface area contributed by atoms with E-state index < -0.39 is 0 Å². The van der Waals surface area contributed by atoms with Gasteiger partial charge in [-0.1, -0.05) is 35.1 Å². The highest BCUT2D eigenvalue weighted by Crippen LogP contribution is 2.29. The van der Waals surface area contributed by atoms with Crippen LogP contribution in [0.3, 0.4) is 0 Å². The van der Waals surface area contributed by atoms with Crippen LogP contribution < -0.4 is 5.32 Å². The third-order valence-corrected chi connectivity index (χ3v) is 5.72. The fourth-order valence-corrected chi connectivity index (χ4v) is 4.05. The Hall–Kier alpha value is -2.49. The van der Waals surface area contributed by atoms with Crippen molar-refractivity contribution in [1.82, 2.24) is 20.0 Å². The smallest absolute Gasteiger partial charge is 0.238 e. The van der Waals surface area contributed by atoms with E-state index in [2.05, 4.69) is 15.4 Å². The van der Waals surface area contributed by atoms with E-state index >= 15 is 0 Å². The molecule has 0 radical (unpaired) electrons. The van der Waals surface area contributed by atoms with Crippen molar-refractivity contribution in [2.45, 2.75) is 30.7 Å². The number of nitrogens with zero attached hydrogens (tertiary/aromatic N) is 4. The first-order valence-electron chi connectivity index (χ1n) is 9.55. The van der Waals surface area contributed by atoms with Gasteiger partial charge >= 0.3 is 0 Å². The number of fused-ring (bicyclic) bond motifs is 1. The number of rotatable bonds is 6. The van der Waals surface area contributed by atoms with Crippen LogP contribution in [0, 0.1) is 6.92 Å². The number of anilines is 1. The number of amides is 1. The third kappa shape index (κ3) is 4.92. The predicted molar refractivity (Wildman–Crippen MR) is 111 cm³/mol. The summed E-state index contributed by atoms with van der Waals surface area (Å²) in [5.74, 6) is 1.67. The Morgan fingerprint density at radius 3 is 2.83 bits per heavy atom. The second-order valence-electron chi connectivity index (χ2n) is 6.92. The lowest BCUT2D eigenvalue weighted by Crippen LogP contribution is -2.36. The summed E-state index contributed by atoms with van der Waals surface area (Å²) in [5.41, 5.74) is 0.882. The van der Waals surface area contributed by atoms with Gasteiger partial charge < -0.3 is 14.6 Å². The molecule has 1 amide bonds. The lowest BCUT2D eigenvalue weighted by atomic mass is 10.2. The average Bonchev–Trinajstić information content (AvgIpc) is 3.13. The molecular weight excluding hydrogens is 390 g/mol. The van der Waals surface area contributed by atoms with Crippen LogP contribution in [-0.4, -0.2) is 57.5 Å². The van der Waals surface area contributed by atoms with Crippen molar-refractivity contribution in [3.05, 3.63) is 41.9 Å². The van der Waals surface area contributed by atoms with Gasteiger partial charge in [-0.2, -0.15) is 0 Å². The van der Waals surface area contributed by atoms with Gasteiger partial charge in [0.25, 0.3) is 0 Å². The van der Waals surface area contributed by atoms with Crippen molar-refractivity contribution in [1.29, 1.82) is 0 Å². The molecule has 3 heterocycles. The van der Waals surface area contributed by atoms with Crippen molar-refractivity contribution in [2.75, 3.05) is 31.6 Å². The molecule has 3 aromatic rings. The molecular formula is C20H23N5O3S. The van der Waals surface area contributed by atoms with Crippen LogP contribution in [0.2, 0.25) is 0 Å². The topological polar surface area (TPSA) is 93.4 Å². The summed E-state index contributed by atoms with van der Waals surface area (Å²) in [7, 11) is 0. The van der Waals surface area contributed by atoms with Gasteiger partial charge in [-0.05, 0) is 19.9 Å². The molecule has 1 saturated heterocycles. The number of ether oxygens (including phenoxy) is 1. The van der Waals surface area contributed by atoms with E-state index in [-0.39, 0.29) is 11.2 Å². The zero-order valence-electron chi connectivity index (χ0n) is 16.4. The highest BCUT2D eigenvalue weighted by atomic mass is 32.2. The standard InChI is InChI=1S/C20H23N5O3S/c1-13-11-17(24-28-13)22-19(26)14(2)29-20-15-5-3-4-6-16(15)21-18(23-20)12-25-7-9-27-10-8-25/h3-6,11,14H,7-10,12H2,1-2H3,(H,22,24,26). The van der Waals surface area contributed by atoms with Gasteiger partial charge in [0.1, 0.15) is 16.6 Å². The van der Waals surface area contributed by atoms with Gasteiger partial charge in [0.05, 0.1) is 30.5 Å². The summed E-state index contributed by atoms with van der Waals surface area (Å²) < 4.78 is 10.4. The largest absolute Gasteiger partial charge is 0.379 e. The van der Waals surface area contributed by atoms with Crippen molar-refractivity contribution in [2.24, 2.45) is 0 Å². The first-order valence-corrected chi connectivity index (χ1v) is 10.4. The molecule has 8 nitrogen and oxygen atoms in total. The maximum Gasteiger partial charge on any atom is 0.238 e. The zero-order valence-corrected chi connectivity index (χ0v) is 17.2. The minimum Gasteiger partial charge on any atom is -0.379 e. The van der Waals surface area contributed by atoms with Gasteiger partial charge in [0.2, 0.25) is 5.91 Å². The van der Waals surface area contributed by atoms with Crippen molar-refractivity contribution >= 4 is 34.4 Å². The fourth-order valence-electron chi connectivity index (χ4n) is 3.09. The molecule has 1 unspecified atom stereocenters. The Labute approximate surface area is 173 Å². The Balaban J connectivity index is 1.53. The highest BCUT2D eigenvalue weighted by molar-refractivity contribution is 8.00. The summed E-state index contributed by atoms with van der Waals surface area (Å²) in [6, 6.07) is 9.58. The molecule has 1 aliphatic rings. The van der Waals surface area contributed by atoms with Crippen LogP contribution in [0.15, 0.2) is 39.9 Å². The van der Waals surface area contributed by atoms with Crippen LogP contribution in [0.5, 0.6) is 0 Å². The highest BCUT2D eigenvalue weighted by Gasteiger charge is 2.20. The second-order valence-corrected chi connectivity index (χ2v) is 8.25. The monoisotopic (exact) mass is 413 g/mol. The van der Waals surface area contributed by atoms with Crippen molar-refractivity contribution in [3.8, 4) is 0 Å². The van der Waals surface area contributed by atoms with Gasteiger partial charge in [0, 0.05) is 24.5 Å². The van der Waals surface area contributed by atoms with E-state index in [0.29, 0.717) is 18.1 Å². The molecule has 29 heavy (non-hydrogen) atoms. The number of aromatic nitrogens is 3. The number of hydrogen-bond donors (Lipinski definition) is 1. The molecule has 9 heteroatoms. The number of carbonyl (C=O) groups is 1. The molecule has 1 N–H and O–H groups in total. The van der Waals surface area contributed by atoms with Gasteiger partial charge in [-0.15, -0.1) is 0 Å². The average molecular weight is 414 g/mol. The number of nitrogens with one attached hydrogen (secondary N) is 1. The minimum atomic E-state index is -0.360. The lowest BCUT2D eigenvalue weighted by Gasteiger charge is -2.26. The second kappa shape index (κ2) is 8.89. The molecule has 0 saturated carbocycles. The Kier molecular flexibility index (Phi) is 6.08. The number of morpholine rings is 1. The molecule has 152 valence electrons. The number of para-hydroxylation sites is 1. The van der Waals surface area contributed by atoms with Gasteiger partial charge in [0.15, 0.2) is 5.82 Å². The number of benzene rings is 1. The Morgan fingerprint density at radius 1 is 1.28 bits per heavy atom. The first-order chi connectivity index (χ1) is 14.1. The van der Waals surface area contributed by atoms with Crippen LogP contribution in [0.1, 0.15) is 18.5 Å². The number of carbonyl (C=O) groups excluding carboxylic acids is 1. The quantitative estimate of drug-likeness (QED) is 0.487. The summed E-state index contributed by atoms with van der Waals surface area (Å²) in [5, 5.41) is 7.99. The Bertz CT molecular complexity index is 1000. The van der Waals surface area contributed by atoms with Crippen LogP contribution in [-0.2, 0) is 16.1 Å². The normalized spacial score (nSPS) is 16.1. The summed E-state index contributed by atoms with van der Waals surface area (Å²) in [4.78, 5) is 24.4. The lowest BCUT2D eigenvalue weighted by molar-refractivity contribution is -0.115. The van der Waals surface area contributed by atoms with Crippen LogP contribution >= 0.6 is 11.8 Å². The van der Waals surface area contributed by atoms with E-state index in [1.807, 2.05) is 31.2 Å². The van der Waals surface area contributed by atoms with E-state index in [1.54, 1.807) is 13.0 Å². The van der Waals surface area contributed by atoms with Gasteiger partial charge in [-0.25, -0.2) is 9.97 Å². The first kappa shape index (κ1) is 19.8. The summed E-state index contributed by atoms with van der Waals surface area (Å²) in [6.45, 7) is 7.50. The third-order valence-electron chi connectivity index (χ3n) is 4.62. The Morgan fingerprint density at radius 2 is 2.07 bits per heavy atom. The maximum atomic E-state index is 12.6. The van der Waals surface area contributed by atoms with E-state index in [0.717, 1.165) is 48.1 Å². The van der Waals surface area contributed by atoms with Crippen molar-refractivity contribution in [3.63, 3.8) is 0 Å². The maximum absolute atomic E-state index is 12.6. The van der Waals surface area contributed by atoms with Crippen molar-refractivity contribution < 1.29 is 14.1 Å². The van der Waals surface area contributed by atoms with E-state index in [1.165, 1.54) is 11.8 Å². The molecule has 1 aliphatic heterocycles. The number of thioether (sulfide) groups is 1. The predicted octanol–water partition coefficient (Wildman–Crippen LogP) is 2.88. The van der Waals surface area contributed by atoms with Gasteiger partial charge in [-0.3, -0.25) is 9.69 Å². The molecule has 0 spiro atoms. The van der Waals surface area contributed by atoms with Crippen LogP contribution in [0.25, 0.3) is 10.9 Å². The summed E-state index contributed by atoms with van der Waals surface area (Å²) >= 11 is 1.42. The fraction of sp³-hybridized carbons (Fsp3) is 0.400. The zero-order chi connectivity index (χ0) is 20.2. The molecule has 1 fully saturated rings. The molecule has 2 aromatic heterocycles. The molecule has 4 rings (SSSR count). The van der Waals surface area contributed by atoms with E-state index in [9.17, 15) is 4.79 Å². The molecule has 0 bridgehead atoms. The van der Waals surface area contributed by atoms with E-state index in [4.69, 9.17) is 19.2 Å². The summed E-state index contributed by atoms with van der Waals surface area (Å²) in [6.07, 6.45) is 0. The number of hydrogen-bond acceptors (Lipinski definition) is 8. The molecule has 1 aromatic carbocycles.